The van der Waals surface area contributed by atoms with Crippen molar-refractivity contribution < 1.29 is 9.59 Å². The van der Waals surface area contributed by atoms with Crippen molar-refractivity contribution in [2.75, 3.05) is 17.3 Å². The zero-order valence-electron chi connectivity index (χ0n) is 15.7. The Balaban J connectivity index is 1.84. The highest BCUT2D eigenvalue weighted by molar-refractivity contribution is 6.31. The van der Waals surface area contributed by atoms with Gasteiger partial charge in [-0.15, -0.1) is 0 Å². The van der Waals surface area contributed by atoms with E-state index in [2.05, 4.69) is 15.3 Å². The second-order valence-electron chi connectivity index (χ2n) is 7.54. The van der Waals surface area contributed by atoms with Crippen LogP contribution in [-0.4, -0.2) is 28.7 Å². The first-order chi connectivity index (χ1) is 14.5. The minimum absolute atomic E-state index is 0.0174. The van der Waals surface area contributed by atoms with Crippen LogP contribution >= 0.6 is 0 Å². The lowest BCUT2D eigenvalue weighted by molar-refractivity contribution is -0.120. The van der Waals surface area contributed by atoms with Gasteiger partial charge in [0.05, 0.1) is 11.3 Å². The largest absolute Gasteiger partial charge is 0.340 e. The van der Waals surface area contributed by atoms with E-state index in [1.165, 1.54) is 4.90 Å². The summed E-state index contributed by atoms with van der Waals surface area (Å²) in [5.74, 6) is -0.620. The average Bonchev–Trinajstić information content (AvgIpc) is 3.14. The number of fused-ring (bicyclic) bond motifs is 7. The maximum absolute atomic E-state index is 13.8. The van der Waals surface area contributed by atoms with E-state index in [0.717, 1.165) is 0 Å². The summed E-state index contributed by atoms with van der Waals surface area (Å²) in [6.07, 6.45) is 0. The Hall–Kier alpha value is -4.20. The van der Waals surface area contributed by atoms with Crippen molar-refractivity contribution in [1.82, 2.24) is 9.97 Å². The first-order valence-electron chi connectivity index (χ1n) is 9.37. The van der Waals surface area contributed by atoms with Gasteiger partial charge in [0.1, 0.15) is 11.2 Å². The van der Waals surface area contributed by atoms with Gasteiger partial charge in [0, 0.05) is 35.0 Å². The number of Topliss-reactive ketones (excluding diaryl/α,β-unsaturated/α-hetero) is 1. The van der Waals surface area contributed by atoms with E-state index < -0.39 is 22.6 Å². The first kappa shape index (κ1) is 16.7. The highest BCUT2D eigenvalue weighted by Crippen LogP contribution is 2.57. The number of aromatic amines is 2. The van der Waals surface area contributed by atoms with Crippen LogP contribution in [0.2, 0.25) is 0 Å². The summed E-state index contributed by atoms with van der Waals surface area (Å²) in [6, 6.07) is 14.1. The van der Waals surface area contributed by atoms with Crippen molar-refractivity contribution in [3.8, 4) is 0 Å². The Morgan fingerprint density at radius 3 is 2.37 bits per heavy atom. The third kappa shape index (κ3) is 1.68. The SMILES string of the molecule is CN1C(=O)C2(C3=C(Nc4[nH]c(=O)[nH]c(=O)c42)c2ccccc2C3=O)c2ccccc21. The highest BCUT2D eigenvalue weighted by Gasteiger charge is 2.62. The Kier molecular flexibility index (Phi) is 2.92. The van der Waals surface area contributed by atoms with Crippen LogP contribution < -0.4 is 21.5 Å². The van der Waals surface area contributed by atoms with Crippen LogP contribution in [0.25, 0.3) is 5.70 Å². The van der Waals surface area contributed by atoms with Gasteiger partial charge in [-0.05, 0) is 6.07 Å². The molecule has 2 aromatic carbocycles. The molecule has 8 nitrogen and oxygen atoms in total. The summed E-state index contributed by atoms with van der Waals surface area (Å²) in [4.78, 5) is 58.8. The number of aromatic nitrogens is 2. The van der Waals surface area contributed by atoms with Crippen molar-refractivity contribution in [2.45, 2.75) is 5.41 Å². The molecule has 146 valence electrons. The summed E-state index contributed by atoms with van der Waals surface area (Å²) in [6.45, 7) is 0. The molecular weight excluding hydrogens is 384 g/mol. The molecule has 1 aromatic heterocycles. The van der Waals surface area contributed by atoms with Crippen LogP contribution in [-0.2, 0) is 10.2 Å². The summed E-state index contributed by atoms with van der Waals surface area (Å²) >= 11 is 0. The minimum Gasteiger partial charge on any atom is -0.340 e. The smallest absolute Gasteiger partial charge is 0.327 e. The number of nitrogens with one attached hydrogen (secondary N) is 3. The van der Waals surface area contributed by atoms with Gasteiger partial charge in [-0.2, -0.15) is 0 Å². The van der Waals surface area contributed by atoms with Crippen LogP contribution in [0.5, 0.6) is 0 Å². The molecule has 0 bridgehead atoms. The summed E-state index contributed by atoms with van der Waals surface area (Å²) in [7, 11) is 1.62. The summed E-state index contributed by atoms with van der Waals surface area (Å²) in [5, 5.41) is 3.06. The van der Waals surface area contributed by atoms with Crippen molar-refractivity contribution in [3.63, 3.8) is 0 Å². The van der Waals surface area contributed by atoms with Gasteiger partial charge in [-0.1, -0.05) is 42.5 Å². The number of H-pyrrole nitrogens is 2. The van der Waals surface area contributed by atoms with E-state index in [0.29, 0.717) is 28.1 Å². The molecule has 0 saturated carbocycles. The third-order valence-corrected chi connectivity index (χ3v) is 6.16. The van der Waals surface area contributed by atoms with Gasteiger partial charge in [0.25, 0.3) is 5.56 Å². The number of hydrogen-bond donors (Lipinski definition) is 3. The first-order valence-corrected chi connectivity index (χ1v) is 9.37. The quantitative estimate of drug-likeness (QED) is 0.529. The van der Waals surface area contributed by atoms with Crippen molar-refractivity contribution in [3.05, 3.63) is 97.2 Å². The molecule has 3 aliphatic rings. The molecule has 1 unspecified atom stereocenters. The molecule has 6 rings (SSSR count). The number of ketones is 1. The van der Waals surface area contributed by atoms with Gasteiger partial charge < -0.3 is 10.2 Å². The molecule has 1 aliphatic carbocycles. The number of anilines is 2. The molecule has 0 radical (unpaired) electrons. The predicted octanol–water partition coefficient (Wildman–Crippen LogP) is 1.36. The number of para-hydroxylation sites is 1. The molecule has 2 aliphatic heterocycles. The molecule has 30 heavy (non-hydrogen) atoms. The molecule has 0 fully saturated rings. The summed E-state index contributed by atoms with van der Waals surface area (Å²) in [5.41, 5.74) is -0.200. The monoisotopic (exact) mass is 398 g/mol. The van der Waals surface area contributed by atoms with Gasteiger partial charge in [0.15, 0.2) is 5.78 Å². The molecule has 1 spiro atoms. The Bertz CT molecular complexity index is 1480. The molecular formula is C22H14N4O4. The van der Waals surface area contributed by atoms with Crippen LogP contribution in [0.4, 0.5) is 11.5 Å². The van der Waals surface area contributed by atoms with Crippen LogP contribution in [0.15, 0.2) is 63.7 Å². The van der Waals surface area contributed by atoms with Gasteiger partial charge in [0.2, 0.25) is 5.91 Å². The van der Waals surface area contributed by atoms with E-state index in [4.69, 9.17) is 0 Å². The maximum Gasteiger partial charge on any atom is 0.327 e. The average molecular weight is 398 g/mol. The van der Waals surface area contributed by atoms with E-state index in [-0.39, 0.29) is 22.7 Å². The number of likely N-dealkylation sites (N-methyl/N-ethyl adjacent to an activating group) is 1. The number of amides is 1. The maximum atomic E-state index is 13.8. The van der Waals surface area contributed by atoms with E-state index >= 15 is 0 Å². The fourth-order valence-electron chi connectivity index (χ4n) is 5.00. The molecule has 8 heteroatoms. The molecule has 1 amide bonds. The van der Waals surface area contributed by atoms with E-state index in [1.807, 2.05) is 0 Å². The topological polar surface area (TPSA) is 115 Å². The van der Waals surface area contributed by atoms with Crippen molar-refractivity contribution in [2.24, 2.45) is 0 Å². The molecule has 3 heterocycles. The lowest BCUT2D eigenvalue weighted by Crippen LogP contribution is -2.50. The molecule has 0 saturated heterocycles. The third-order valence-electron chi connectivity index (χ3n) is 6.16. The predicted molar refractivity (Wildman–Crippen MR) is 110 cm³/mol. The van der Waals surface area contributed by atoms with Gasteiger partial charge in [-0.25, -0.2) is 4.79 Å². The Morgan fingerprint density at radius 2 is 1.57 bits per heavy atom. The van der Waals surface area contributed by atoms with Crippen LogP contribution in [0.3, 0.4) is 0 Å². The van der Waals surface area contributed by atoms with Gasteiger partial charge >= 0.3 is 5.69 Å². The van der Waals surface area contributed by atoms with Crippen LogP contribution in [0.1, 0.15) is 27.0 Å². The van der Waals surface area contributed by atoms with Crippen molar-refractivity contribution in [1.29, 1.82) is 0 Å². The number of carbonyl (C=O) groups is 2. The van der Waals surface area contributed by atoms with E-state index in [9.17, 15) is 19.2 Å². The number of benzene rings is 2. The minimum atomic E-state index is -1.66. The number of hydrogen-bond acceptors (Lipinski definition) is 5. The summed E-state index contributed by atoms with van der Waals surface area (Å²) < 4.78 is 0. The number of rotatable bonds is 0. The second kappa shape index (κ2) is 5.24. The zero-order chi connectivity index (χ0) is 20.8. The van der Waals surface area contributed by atoms with E-state index in [1.54, 1.807) is 55.6 Å². The van der Waals surface area contributed by atoms with Crippen molar-refractivity contribution >= 4 is 28.9 Å². The molecule has 1 atom stereocenters. The van der Waals surface area contributed by atoms with Crippen LogP contribution in [0, 0.1) is 0 Å². The normalized spacial score (nSPS) is 20.8. The Morgan fingerprint density at radius 1 is 0.867 bits per heavy atom. The standard InChI is InChI=1S/C22H14N4O4/c1-26-13-9-5-4-8-12(13)22(20(26)29)14-16(10-6-2-3-7-11(10)17(14)27)23-18-15(22)19(28)25-21(30)24-18/h2-9H,1H3,(H3,23,24,25,28,30). The zero-order valence-corrected chi connectivity index (χ0v) is 15.7. The fraction of sp³-hybridized carbons (Fsp3) is 0.0909. The molecule has 3 aromatic rings. The lowest BCUT2D eigenvalue weighted by atomic mass is 9.67. The molecule has 3 N–H and O–H groups in total. The second-order valence-corrected chi connectivity index (χ2v) is 7.54. The van der Waals surface area contributed by atoms with Gasteiger partial charge in [-0.3, -0.25) is 24.4 Å². The lowest BCUT2D eigenvalue weighted by Gasteiger charge is -2.34. The fourth-order valence-corrected chi connectivity index (χ4v) is 5.00. The number of nitrogens with zero attached hydrogens (tertiary/aromatic N) is 1. The Labute approximate surface area is 168 Å². The highest BCUT2D eigenvalue weighted by atomic mass is 16.2. The number of carbonyl (C=O) groups excluding carboxylic acids is 2.